The monoisotopic (exact) mass is 321 g/mol. The predicted octanol–water partition coefficient (Wildman–Crippen LogP) is 1.29. The third-order valence-corrected chi connectivity index (χ3v) is 3.36. The van der Waals surface area contributed by atoms with Gasteiger partial charge in [-0.05, 0) is 43.3 Å². The SMILES string of the molecule is COCCNC(=O)c1cccc(NC(=S)NC(=O)C2CC2)c1. The maximum Gasteiger partial charge on any atom is 0.251 e. The molecule has 1 fully saturated rings. The molecule has 7 heteroatoms. The Labute approximate surface area is 134 Å². The van der Waals surface area contributed by atoms with Crippen LogP contribution in [-0.4, -0.2) is 37.2 Å². The van der Waals surface area contributed by atoms with Gasteiger partial charge in [0, 0.05) is 30.8 Å². The number of hydrogen-bond donors (Lipinski definition) is 3. The van der Waals surface area contributed by atoms with Crippen LogP contribution in [0, 0.1) is 5.92 Å². The van der Waals surface area contributed by atoms with Crippen molar-refractivity contribution in [1.82, 2.24) is 10.6 Å². The van der Waals surface area contributed by atoms with Crippen LogP contribution in [0.4, 0.5) is 5.69 Å². The molecule has 1 aromatic rings. The number of benzene rings is 1. The fraction of sp³-hybridized carbons (Fsp3) is 0.400. The van der Waals surface area contributed by atoms with E-state index in [1.165, 1.54) is 0 Å². The summed E-state index contributed by atoms with van der Waals surface area (Å²) in [5.41, 5.74) is 1.16. The van der Waals surface area contributed by atoms with Crippen molar-refractivity contribution < 1.29 is 14.3 Å². The maximum atomic E-state index is 11.9. The van der Waals surface area contributed by atoms with Gasteiger partial charge in [0.05, 0.1) is 6.61 Å². The van der Waals surface area contributed by atoms with Crippen molar-refractivity contribution in [1.29, 1.82) is 0 Å². The van der Waals surface area contributed by atoms with Crippen LogP contribution >= 0.6 is 12.2 Å². The molecular weight excluding hydrogens is 302 g/mol. The predicted molar refractivity (Wildman–Crippen MR) is 87.7 cm³/mol. The lowest BCUT2D eigenvalue weighted by atomic mass is 10.2. The zero-order valence-electron chi connectivity index (χ0n) is 12.3. The highest BCUT2D eigenvalue weighted by atomic mass is 32.1. The van der Waals surface area contributed by atoms with E-state index in [0.29, 0.717) is 24.4 Å². The maximum absolute atomic E-state index is 11.9. The van der Waals surface area contributed by atoms with Gasteiger partial charge in [0.25, 0.3) is 5.91 Å². The van der Waals surface area contributed by atoms with Crippen molar-refractivity contribution in [3.05, 3.63) is 29.8 Å². The van der Waals surface area contributed by atoms with Crippen LogP contribution in [0.1, 0.15) is 23.2 Å². The molecule has 0 atom stereocenters. The molecule has 0 bridgehead atoms. The summed E-state index contributed by atoms with van der Waals surface area (Å²) in [5.74, 6) is -0.141. The zero-order valence-corrected chi connectivity index (χ0v) is 13.2. The fourth-order valence-electron chi connectivity index (χ4n) is 1.83. The first-order valence-corrected chi connectivity index (χ1v) is 7.50. The number of carbonyl (C=O) groups is 2. The summed E-state index contributed by atoms with van der Waals surface area (Å²) < 4.78 is 4.88. The summed E-state index contributed by atoms with van der Waals surface area (Å²) in [6.45, 7) is 0.907. The number of methoxy groups -OCH3 is 1. The van der Waals surface area contributed by atoms with E-state index in [2.05, 4.69) is 16.0 Å². The number of carbonyl (C=O) groups excluding carboxylic acids is 2. The number of thiocarbonyl (C=S) groups is 1. The van der Waals surface area contributed by atoms with Gasteiger partial charge < -0.3 is 20.7 Å². The van der Waals surface area contributed by atoms with Crippen LogP contribution in [0.3, 0.4) is 0 Å². The second-order valence-corrected chi connectivity index (χ2v) is 5.46. The van der Waals surface area contributed by atoms with Crippen molar-refractivity contribution in [3.8, 4) is 0 Å². The molecule has 1 saturated carbocycles. The van der Waals surface area contributed by atoms with Crippen LogP contribution in [0.5, 0.6) is 0 Å². The van der Waals surface area contributed by atoms with Gasteiger partial charge in [-0.25, -0.2) is 0 Å². The second-order valence-electron chi connectivity index (χ2n) is 5.05. The smallest absolute Gasteiger partial charge is 0.251 e. The summed E-state index contributed by atoms with van der Waals surface area (Å²) in [6.07, 6.45) is 1.84. The quantitative estimate of drug-likeness (QED) is 0.543. The number of amides is 2. The first-order valence-electron chi connectivity index (χ1n) is 7.09. The lowest BCUT2D eigenvalue weighted by Gasteiger charge is -2.10. The highest BCUT2D eigenvalue weighted by Gasteiger charge is 2.30. The highest BCUT2D eigenvalue weighted by molar-refractivity contribution is 7.80. The van der Waals surface area contributed by atoms with E-state index in [0.717, 1.165) is 12.8 Å². The Bertz CT molecular complexity index is 573. The number of ether oxygens (including phenoxy) is 1. The molecule has 0 saturated heterocycles. The Balaban J connectivity index is 1.88. The Morgan fingerprint density at radius 2 is 2.14 bits per heavy atom. The van der Waals surface area contributed by atoms with Crippen molar-refractivity contribution in [2.45, 2.75) is 12.8 Å². The number of hydrogen-bond acceptors (Lipinski definition) is 4. The summed E-state index contributed by atoms with van der Waals surface area (Å²) in [4.78, 5) is 23.5. The summed E-state index contributed by atoms with van der Waals surface area (Å²) in [6, 6.07) is 6.91. The summed E-state index contributed by atoms with van der Waals surface area (Å²) in [5, 5.41) is 8.54. The van der Waals surface area contributed by atoms with Crippen LogP contribution < -0.4 is 16.0 Å². The average molecular weight is 321 g/mol. The third-order valence-electron chi connectivity index (χ3n) is 3.16. The van der Waals surface area contributed by atoms with E-state index >= 15 is 0 Å². The Kier molecular flexibility index (Phi) is 5.85. The topological polar surface area (TPSA) is 79.5 Å². The molecule has 0 radical (unpaired) electrons. The van der Waals surface area contributed by atoms with Gasteiger partial charge in [0.1, 0.15) is 0 Å². The van der Waals surface area contributed by atoms with Crippen molar-refractivity contribution in [2.24, 2.45) is 5.92 Å². The molecule has 1 aliphatic carbocycles. The minimum absolute atomic E-state index is 0.0500. The van der Waals surface area contributed by atoms with Gasteiger partial charge in [-0.3, -0.25) is 9.59 Å². The van der Waals surface area contributed by atoms with Gasteiger partial charge in [-0.2, -0.15) is 0 Å². The number of anilines is 1. The Hall–Kier alpha value is -1.99. The molecule has 0 aliphatic heterocycles. The van der Waals surface area contributed by atoms with E-state index in [4.69, 9.17) is 17.0 Å². The first kappa shape index (κ1) is 16.4. The van der Waals surface area contributed by atoms with Gasteiger partial charge in [-0.15, -0.1) is 0 Å². The van der Waals surface area contributed by atoms with Crippen molar-refractivity contribution in [2.75, 3.05) is 25.6 Å². The number of rotatable bonds is 6. The van der Waals surface area contributed by atoms with Crippen molar-refractivity contribution >= 4 is 34.8 Å². The Morgan fingerprint density at radius 1 is 1.36 bits per heavy atom. The zero-order chi connectivity index (χ0) is 15.9. The van der Waals surface area contributed by atoms with E-state index in [1.807, 2.05) is 0 Å². The molecular formula is C15H19N3O3S. The van der Waals surface area contributed by atoms with Gasteiger partial charge in [-0.1, -0.05) is 6.07 Å². The molecule has 3 N–H and O–H groups in total. The number of nitrogens with one attached hydrogen (secondary N) is 3. The van der Waals surface area contributed by atoms with Gasteiger partial charge >= 0.3 is 0 Å². The molecule has 118 valence electrons. The van der Waals surface area contributed by atoms with E-state index in [9.17, 15) is 9.59 Å². The Morgan fingerprint density at radius 3 is 2.82 bits per heavy atom. The highest BCUT2D eigenvalue weighted by Crippen LogP contribution is 2.28. The average Bonchev–Trinajstić information content (AvgIpc) is 3.32. The molecule has 2 rings (SSSR count). The lowest BCUT2D eigenvalue weighted by molar-refractivity contribution is -0.120. The van der Waals surface area contributed by atoms with E-state index in [-0.39, 0.29) is 22.8 Å². The molecule has 0 unspecified atom stereocenters. The first-order chi connectivity index (χ1) is 10.6. The molecule has 0 aromatic heterocycles. The largest absolute Gasteiger partial charge is 0.383 e. The molecule has 1 aromatic carbocycles. The van der Waals surface area contributed by atoms with E-state index < -0.39 is 0 Å². The normalized spacial score (nSPS) is 13.3. The molecule has 0 heterocycles. The lowest BCUT2D eigenvalue weighted by Crippen LogP contribution is -2.35. The second kappa shape index (κ2) is 7.86. The summed E-state index contributed by atoms with van der Waals surface area (Å²) >= 11 is 5.09. The van der Waals surface area contributed by atoms with Crippen LogP contribution in [0.25, 0.3) is 0 Å². The van der Waals surface area contributed by atoms with Crippen LogP contribution in [0.15, 0.2) is 24.3 Å². The van der Waals surface area contributed by atoms with Crippen molar-refractivity contribution in [3.63, 3.8) is 0 Å². The fourth-order valence-corrected chi connectivity index (χ4v) is 2.05. The molecule has 6 nitrogen and oxygen atoms in total. The summed E-state index contributed by atoms with van der Waals surface area (Å²) in [7, 11) is 1.58. The molecule has 0 spiro atoms. The minimum Gasteiger partial charge on any atom is -0.383 e. The van der Waals surface area contributed by atoms with Gasteiger partial charge in [0.2, 0.25) is 5.91 Å². The molecule has 2 amide bonds. The third kappa shape index (κ3) is 5.09. The standard InChI is InChI=1S/C15H19N3O3S/c1-21-8-7-16-13(19)11-3-2-4-12(9-11)17-15(22)18-14(20)10-5-6-10/h2-4,9-10H,5-8H2,1H3,(H,16,19)(H2,17,18,20,22). The minimum atomic E-state index is -0.186. The van der Waals surface area contributed by atoms with Crippen LogP contribution in [0.2, 0.25) is 0 Å². The molecule has 1 aliphatic rings. The van der Waals surface area contributed by atoms with Gasteiger partial charge in [0.15, 0.2) is 5.11 Å². The molecule has 22 heavy (non-hydrogen) atoms. The van der Waals surface area contributed by atoms with E-state index in [1.54, 1.807) is 31.4 Å². The van der Waals surface area contributed by atoms with Crippen LogP contribution in [-0.2, 0) is 9.53 Å².